The monoisotopic (exact) mass is 354 g/mol. The van der Waals surface area contributed by atoms with Crippen molar-refractivity contribution in [3.05, 3.63) is 47.5 Å². The van der Waals surface area contributed by atoms with Crippen LogP contribution >= 0.6 is 23.4 Å². The minimum atomic E-state index is 0. The second kappa shape index (κ2) is 7.60. The minimum Gasteiger partial charge on any atom is -1.00 e. The highest BCUT2D eigenvalue weighted by Crippen LogP contribution is 2.50. The number of quaternary nitrogens is 1. The van der Waals surface area contributed by atoms with Crippen LogP contribution in [0.5, 0.6) is 0 Å². The van der Waals surface area contributed by atoms with E-state index >= 15 is 0 Å². The van der Waals surface area contributed by atoms with E-state index in [0.29, 0.717) is 0 Å². The Morgan fingerprint density at radius 1 is 1.05 bits per heavy atom. The molecule has 0 fully saturated rings. The lowest BCUT2D eigenvalue weighted by molar-refractivity contribution is -0.858. The lowest BCUT2D eigenvalue weighted by Crippen LogP contribution is -3.05. The van der Waals surface area contributed by atoms with E-state index in [1.165, 1.54) is 20.4 Å². The first kappa shape index (κ1) is 17.5. The van der Waals surface area contributed by atoms with Gasteiger partial charge in [-0.3, -0.25) is 0 Å². The van der Waals surface area contributed by atoms with Gasteiger partial charge in [0.05, 0.1) is 37.0 Å². The first-order chi connectivity index (χ1) is 10.2. The van der Waals surface area contributed by atoms with E-state index in [4.69, 9.17) is 11.6 Å². The Morgan fingerprint density at radius 3 is 2.55 bits per heavy atom. The molecule has 0 radical (unpaired) electrons. The van der Waals surface area contributed by atoms with Crippen molar-refractivity contribution in [2.45, 2.75) is 16.2 Å². The van der Waals surface area contributed by atoms with Crippen LogP contribution in [0.25, 0.3) is 0 Å². The maximum Gasteiger partial charge on any atom is 0.0784 e. The predicted octanol–water partition coefficient (Wildman–Crippen LogP) is 0.481. The number of anilines is 2. The standard InChI is InChI=1S/C17H19ClN2S.ClH/c1-19(2)11-6-12-20-14-8-3-4-9-15(14)21-16-10-5-7-13(18)17(16)20;/h3-5,7-10H,6,11-12H2,1-2H3;1H. The van der Waals surface area contributed by atoms with Gasteiger partial charge >= 0.3 is 0 Å². The van der Waals surface area contributed by atoms with Crippen molar-refractivity contribution in [3.63, 3.8) is 0 Å². The van der Waals surface area contributed by atoms with Gasteiger partial charge in [0.15, 0.2) is 0 Å². The fourth-order valence-corrected chi connectivity index (χ4v) is 4.13. The average Bonchev–Trinajstić information content (AvgIpc) is 2.46. The van der Waals surface area contributed by atoms with E-state index in [0.717, 1.165) is 30.2 Å². The Kier molecular flexibility index (Phi) is 6.04. The highest BCUT2D eigenvalue weighted by atomic mass is 35.5. The quantitative estimate of drug-likeness (QED) is 0.854. The zero-order valence-electron chi connectivity index (χ0n) is 12.8. The largest absolute Gasteiger partial charge is 1.00 e. The Hall–Kier alpha value is -0.870. The van der Waals surface area contributed by atoms with Gasteiger partial charge in [0.1, 0.15) is 0 Å². The minimum absolute atomic E-state index is 0. The third-order valence-electron chi connectivity index (χ3n) is 3.65. The summed E-state index contributed by atoms with van der Waals surface area (Å²) in [6.07, 6.45) is 1.14. The van der Waals surface area contributed by atoms with Gasteiger partial charge in [-0.2, -0.15) is 0 Å². The maximum atomic E-state index is 6.48. The van der Waals surface area contributed by atoms with Crippen molar-refractivity contribution >= 4 is 34.7 Å². The van der Waals surface area contributed by atoms with Gasteiger partial charge in [-0.05, 0) is 24.3 Å². The number of nitrogens with one attached hydrogen (secondary N) is 1. The molecule has 2 aromatic rings. The molecule has 1 heterocycles. The molecule has 0 aliphatic carbocycles. The van der Waals surface area contributed by atoms with E-state index in [1.807, 2.05) is 23.9 Å². The van der Waals surface area contributed by atoms with Crippen LogP contribution in [-0.4, -0.2) is 27.2 Å². The summed E-state index contributed by atoms with van der Waals surface area (Å²) >= 11 is 8.29. The molecule has 1 N–H and O–H groups in total. The van der Waals surface area contributed by atoms with E-state index in [1.54, 1.807) is 0 Å². The van der Waals surface area contributed by atoms with Crippen molar-refractivity contribution in [2.75, 3.05) is 32.1 Å². The van der Waals surface area contributed by atoms with E-state index < -0.39 is 0 Å². The van der Waals surface area contributed by atoms with Crippen LogP contribution in [-0.2, 0) is 0 Å². The number of rotatable bonds is 4. The number of fused-ring (bicyclic) bond motifs is 2. The van der Waals surface area contributed by atoms with Crippen LogP contribution in [0, 0.1) is 0 Å². The average molecular weight is 355 g/mol. The predicted molar refractivity (Wildman–Crippen MR) is 91.3 cm³/mol. The highest BCUT2D eigenvalue weighted by molar-refractivity contribution is 7.99. The number of halogens is 2. The van der Waals surface area contributed by atoms with Gasteiger partial charge in [0.25, 0.3) is 0 Å². The Bertz CT molecular complexity index is 646. The molecular formula is C17H20Cl2N2S. The molecule has 0 saturated heterocycles. The Labute approximate surface area is 147 Å². The third-order valence-corrected chi connectivity index (χ3v) is 5.07. The van der Waals surface area contributed by atoms with E-state index in [-0.39, 0.29) is 12.4 Å². The SMILES string of the molecule is C[NH+](C)CCCN1c2ccccc2Sc2cccc(Cl)c21.[Cl-]. The van der Waals surface area contributed by atoms with E-state index in [9.17, 15) is 0 Å². The molecule has 2 nitrogen and oxygen atoms in total. The molecule has 0 spiro atoms. The fourth-order valence-electron chi connectivity index (χ4n) is 2.67. The van der Waals surface area contributed by atoms with Crippen molar-refractivity contribution in [3.8, 4) is 0 Å². The molecule has 1 aliphatic rings. The first-order valence-electron chi connectivity index (χ1n) is 7.29. The number of hydrogen-bond donors (Lipinski definition) is 1. The van der Waals surface area contributed by atoms with Crippen molar-refractivity contribution in [1.29, 1.82) is 0 Å². The van der Waals surface area contributed by atoms with Crippen LogP contribution < -0.4 is 22.2 Å². The van der Waals surface area contributed by atoms with Crippen LogP contribution in [0.3, 0.4) is 0 Å². The van der Waals surface area contributed by atoms with Crippen LogP contribution in [0.2, 0.25) is 5.02 Å². The van der Waals surface area contributed by atoms with Crippen molar-refractivity contribution in [2.24, 2.45) is 0 Å². The third kappa shape index (κ3) is 3.54. The number of para-hydroxylation sites is 2. The zero-order chi connectivity index (χ0) is 14.8. The van der Waals surface area contributed by atoms with Gasteiger partial charge in [0, 0.05) is 22.8 Å². The number of hydrogen-bond acceptors (Lipinski definition) is 2. The lowest BCUT2D eigenvalue weighted by Gasteiger charge is -2.33. The first-order valence-corrected chi connectivity index (χ1v) is 8.48. The summed E-state index contributed by atoms with van der Waals surface area (Å²) in [5, 5.41) is 0.840. The molecule has 1 aliphatic heterocycles. The van der Waals surface area contributed by atoms with Crippen molar-refractivity contribution in [1.82, 2.24) is 0 Å². The Balaban J connectivity index is 0.00000176. The van der Waals surface area contributed by atoms with Crippen LogP contribution in [0.1, 0.15) is 6.42 Å². The summed E-state index contributed by atoms with van der Waals surface area (Å²) in [7, 11) is 4.39. The molecule has 5 heteroatoms. The van der Waals surface area contributed by atoms with Gasteiger partial charge in [-0.25, -0.2) is 0 Å². The molecule has 0 unspecified atom stereocenters. The van der Waals surface area contributed by atoms with Crippen LogP contribution in [0.15, 0.2) is 52.3 Å². The summed E-state index contributed by atoms with van der Waals surface area (Å²) in [5.74, 6) is 0. The van der Waals surface area contributed by atoms with Gasteiger partial charge in [-0.1, -0.05) is 41.6 Å². The molecule has 22 heavy (non-hydrogen) atoms. The van der Waals surface area contributed by atoms with Crippen LogP contribution in [0.4, 0.5) is 11.4 Å². The molecule has 0 amide bonds. The summed E-state index contributed by atoms with van der Waals surface area (Å²) in [6, 6.07) is 14.8. The number of benzene rings is 2. The lowest BCUT2D eigenvalue weighted by atomic mass is 10.2. The van der Waals surface area contributed by atoms with Crippen molar-refractivity contribution < 1.29 is 17.3 Å². The Morgan fingerprint density at radius 2 is 1.77 bits per heavy atom. The highest BCUT2D eigenvalue weighted by Gasteiger charge is 2.24. The van der Waals surface area contributed by atoms with Gasteiger partial charge in [0.2, 0.25) is 0 Å². The van der Waals surface area contributed by atoms with Gasteiger partial charge in [-0.15, -0.1) is 0 Å². The molecule has 0 aromatic heterocycles. The molecule has 2 aromatic carbocycles. The number of nitrogens with zero attached hydrogens (tertiary/aromatic N) is 1. The summed E-state index contributed by atoms with van der Waals surface area (Å²) in [6.45, 7) is 2.16. The normalized spacial score (nSPS) is 12.6. The summed E-state index contributed by atoms with van der Waals surface area (Å²) < 4.78 is 0. The molecule has 0 bridgehead atoms. The molecule has 3 rings (SSSR count). The summed E-state index contributed by atoms with van der Waals surface area (Å²) in [4.78, 5) is 6.42. The molecule has 0 atom stereocenters. The smallest absolute Gasteiger partial charge is 0.0784 e. The maximum absolute atomic E-state index is 6.48. The second-order valence-corrected chi connectivity index (χ2v) is 7.11. The summed E-state index contributed by atoms with van der Waals surface area (Å²) in [5.41, 5.74) is 2.44. The van der Waals surface area contributed by atoms with E-state index in [2.05, 4.69) is 49.3 Å². The topological polar surface area (TPSA) is 7.68 Å². The second-order valence-electron chi connectivity index (χ2n) is 5.62. The molecular weight excluding hydrogens is 335 g/mol. The molecule has 118 valence electrons. The molecule has 0 saturated carbocycles. The fraction of sp³-hybridized carbons (Fsp3) is 0.294. The van der Waals surface area contributed by atoms with Gasteiger partial charge < -0.3 is 22.2 Å². The zero-order valence-corrected chi connectivity index (χ0v) is 15.1.